The first-order chi connectivity index (χ1) is 10.1. The number of hydrogen-bond acceptors (Lipinski definition) is 4. The zero-order valence-corrected chi connectivity index (χ0v) is 13.8. The molecule has 0 saturated carbocycles. The number of carbonyl (C=O) groups is 1. The van der Waals surface area contributed by atoms with Gasteiger partial charge in [0.05, 0.1) is 0 Å². The second-order valence-corrected chi connectivity index (χ2v) is 6.28. The summed E-state index contributed by atoms with van der Waals surface area (Å²) in [5.74, 6) is -0.353. The summed E-state index contributed by atoms with van der Waals surface area (Å²) in [5, 5.41) is 12.9. The summed E-state index contributed by atoms with van der Waals surface area (Å²) < 4.78 is 18.5. The summed E-state index contributed by atoms with van der Waals surface area (Å²) in [7, 11) is 1.65. The molecule has 5 nitrogen and oxygen atoms in total. The van der Waals surface area contributed by atoms with Crippen LogP contribution in [0.4, 0.5) is 9.18 Å². The molecular formula is C16H25FN2O3. The molecule has 0 aliphatic carbocycles. The van der Waals surface area contributed by atoms with Crippen molar-refractivity contribution >= 4 is 6.09 Å². The topological polar surface area (TPSA) is 61.8 Å². The van der Waals surface area contributed by atoms with Gasteiger partial charge in [0, 0.05) is 31.7 Å². The van der Waals surface area contributed by atoms with E-state index in [1.807, 2.05) is 27.7 Å². The quantitative estimate of drug-likeness (QED) is 0.877. The van der Waals surface area contributed by atoms with Gasteiger partial charge in [-0.05, 0) is 45.9 Å². The number of hydrogen-bond donors (Lipinski definition) is 2. The van der Waals surface area contributed by atoms with Crippen LogP contribution in [0.1, 0.15) is 39.3 Å². The van der Waals surface area contributed by atoms with E-state index < -0.39 is 17.5 Å². The van der Waals surface area contributed by atoms with Crippen molar-refractivity contribution in [3.05, 3.63) is 29.6 Å². The number of carbonyl (C=O) groups excluding carboxylic acids is 1. The summed E-state index contributed by atoms with van der Waals surface area (Å²) in [6, 6.07) is 3.60. The highest BCUT2D eigenvalue weighted by Crippen LogP contribution is 2.24. The molecule has 0 aliphatic heterocycles. The lowest BCUT2D eigenvalue weighted by Gasteiger charge is -2.25. The SMILES string of the molecule is CC(NCCN(C)C(=O)OC(C)(C)C)c1cc(F)ccc1O. The van der Waals surface area contributed by atoms with E-state index in [0.717, 1.165) is 0 Å². The smallest absolute Gasteiger partial charge is 0.410 e. The zero-order valence-electron chi connectivity index (χ0n) is 13.8. The predicted molar refractivity (Wildman–Crippen MR) is 83.3 cm³/mol. The molecular weight excluding hydrogens is 287 g/mol. The first-order valence-corrected chi connectivity index (χ1v) is 7.26. The molecule has 1 aromatic carbocycles. The Balaban J connectivity index is 2.46. The van der Waals surface area contributed by atoms with E-state index in [1.165, 1.54) is 23.1 Å². The fourth-order valence-corrected chi connectivity index (χ4v) is 1.86. The van der Waals surface area contributed by atoms with Crippen molar-refractivity contribution < 1.29 is 19.0 Å². The van der Waals surface area contributed by atoms with Crippen LogP contribution in [0.2, 0.25) is 0 Å². The van der Waals surface area contributed by atoms with Gasteiger partial charge in [-0.2, -0.15) is 0 Å². The van der Waals surface area contributed by atoms with E-state index in [2.05, 4.69) is 5.32 Å². The second kappa shape index (κ2) is 7.45. The zero-order chi connectivity index (χ0) is 16.9. The van der Waals surface area contributed by atoms with Crippen molar-refractivity contribution in [3.8, 4) is 5.75 Å². The molecule has 1 atom stereocenters. The Morgan fingerprint density at radius 2 is 2.09 bits per heavy atom. The van der Waals surface area contributed by atoms with Gasteiger partial charge in [0.1, 0.15) is 17.2 Å². The fraction of sp³-hybridized carbons (Fsp3) is 0.562. The average molecular weight is 312 g/mol. The number of phenols is 1. The van der Waals surface area contributed by atoms with Gasteiger partial charge in [0.2, 0.25) is 0 Å². The molecule has 0 aliphatic rings. The van der Waals surface area contributed by atoms with Gasteiger partial charge in [-0.15, -0.1) is 0 Å². The molecule has 2 N–H and O–H groups in total. The molecule has 22 heavy (non-hydrogen) atoms. The van der Waals surface area contributed by atoms with Crippen molar-refractivity contribution in [2.24, 2.45) is 0 Å². The van der Waals surface area contributed by atoms with E-state index in [1.54, 1.807) is 7.05 Å². The lowest BCUT2D eigenvalue weighted by atomic mass is 10.1. The number of nitrogens with one attached hydrogen (secondary N) is 1. The van der Waals surface area contributed by atoms with E-state index >= 15 is 0 Å². The molecule has 0 heterocycles. The Hall–Kier alpha value is -1.82. The number of nitrogens with zero attached hydrogens (tertiary/aromatic N) is 1. The molecule has 0 saturated heterocycles. The number of benzene rings is 1. The monoisotopic (exact) mass is 312 g/mol. The van der Waals surface area contributed by atoms with Gasteiger partial charge in [-0.1, -0.05) is 0 Å². The highest BCUT2D eigenvalue weighted by molar-refractivity contribution is 5.67. The Labute approximate surface area is 131 Å². The standard InChI is InChI=1S/C16H25FN2O3/c1-11(13-10-12(17)6-7-14(13)20)18-8-9-19(5)15(21)22-16(2,3)4/h6-7,10-11,18,20H,8-9H2,1-5H3. The van der Waals surface area contributed by atoms with E-state index in [0.29, 0.717) is 18.7 Å². The Kier molecular flexibility index (Phi) is 6.17. The van der Waals surface area contributed by atoms with Crippen LogP contribution in [0.3, 0.4) is 0 Å². The average Bonchev–Trinajstić information content (AvgIpc) is 2.39. The Morgan fingerprint density at radius 3 is 2.68 bits per heavy atom. The highest BCUT2D eigenvalue weighted by atomic mass is 19.1. The number of aromatic hydroxyl groups is 1. The number of amides is 1. The predicted octanol–water partition coefficient (Wildman–Crippen LogP) is 3.05. The lowest BCUT2D eigenvalue weighted by Crippen LogP contribution is -2.38. The van der Waals surface area contributed by atoms with E-state index in [-0.39, 0.29) is 11.8 Å². The summed E-state index contributed by atoms with van der Waals surface area (Å²) in [5.41, 5.74) is -0.0423. The third-order valence-corrected chi connectivity index (χ3v) is 3.06. The van der Waals surface area contributed by atoms with Crippen molar-refractivity contribution in [2.75, 3.05) is 20.1 Å². The van der Waals surface area contributed by atoms with Gasteiger partial charge in [0.25, 0.3) is 0 Å². The summed E-state index contributed by atoms with van der Waals surface area (Å²) >= 11 is 0. The largest absolute Gasteiger partial charge is 0.508 e. The molecule has 1 aromatic rings. The van der Waals surface area contributed by atoms with Crippen LogP contribution < -0.4 is 5.32 Å². The molecule has 1 amide bonds. The van der Waals surface area contributed by atoms with Crippen LogP contribution in [0.25, 0.3) is 0 Å². The summed E-state index contributed by atoms with van der Waals surface area (Å²) in [4.78, 5) is 13.3. The minimum atomic E-state index is -0.528. The van der Waals surface area contributed by atoms with Crippen molar-refractivity contribution in [2.45, 2.75) is 39.3 Å². The first-order valence-electron chi connectivity index (χ1n) is 7.26. The maximum absolute atomic E-state index is 13.2. The van der Waals surface area contributed by atoms with Gasteiger partial charge in [-0.25, -0.2) is 9.18 Å². The minimum absolute atomic E-state index is 0.0434. The number of ether oxygens (including phenoxy) is 1. The van der Waals surface area contributed by atoms with Crippen LogP contribution in [0.15, 0.2) is 18.2 Å². The number of likely N-dealkylation sites (N-methyl/N-ethyl adjacent to an activating group) is 1. The maximum atomic E-state index is 13.2. The third-order valence-electron chi connectivity index (χ3n) is 3.06. The van der Waals surface area contributed by atoms with Crippen LogP contribution in [-0.2, 0) is 4.74 Å². The third kappa shape index (κ3) is 5.89. The Morgan fingerprint density at radius 1 is 1.45 bits per heavy atom. The molecule has 1 unspecified atom stereocenters. The van der Waals surface area contributed by atoms with Gasteiger partial charge >= 0.3 is 6.09 Å². The van der Waals surface area contributed by atoms with Crippen LogP contribution in [-0.4, -0.2) is 41.8 Å². The Bertz CT molecular complexity index is 515. The fourth-order valence-electron chi connectivity index (χ4n) is 1.86. The molecule has 0 bridgehead atoms. The van der Waals surface area contributed by atoms with Crippen molar-refractivity contribution in [3.63, 3.8) is 0 Å². The van der Waals surface area contributed by atoms with Gasteiger partial charge < -0.3 is 20.1 Å². The molecule has 0 fully saturated rings. The highest BCUT2D eigenvalue weighted by Gasteiger charge is 2.19. The van der Waals surface area contributed by atoms with Crippen LogP contribution >= 0.6 is 0 Å². The molecule has 0 spiro atoms. The van der Waals surface area contributed by atoms with E-state index in [4.69, 9.17) is 4.74 Å². The second-order valence-electron chi connectivity index (χ2n) is 6.28. The van der Waals surface area contributed by atoms with Crippen LogP contribution in [0, 0.1) is 5.82 Å². The molecule has 0 radical (unpaired) electrons. The van der Waals surface area contributed by atoms with Crippen molar-refractivity contribution in [1.29, 1.82) is 0 Å². The first kappa shape index (κ1) is 18.2. The molecule has 124 valence electrons. The molecule has 6 heteroatoms. The van der Waals surface area contributed by atoms with Crippen molar-refractivity contribution in [1.82, 2.24) is 10.2 Å². The number of halogens is 1. The summed E-state index contributed by atoms with van der Waals surface area (Å²) in [6.07, 6.45) is -0.393. The molecule has 0 aromatic heterocycles. The minimum Gasteiger partial charge on any atom is -0.508 e. The van der Waals surface area contributed by atoms with Crippen LogP contribution in [0.5, 0.6) is 5.75 Å². The number of rotatable bonds is 5. The van der Waals surface area contributed by atoms with Gasteiger partial charge in [-0.3, -0.25) is 0 Å². The lowest BCUT2D eigenvalue weighted by molar-refractivity contribution is 0.0299. The molecule has 1 rings (SSSR count). The number of phenolic OH excluding ortho intramolecular Hbond substituents is 1. The van der Waals surface area contributed by atoms with E-state index in [9.17, 15) is 14.3 Å². The maximum Gasteiger partial charge on any atom is 0.410 e. The summed E-state index contributed by atoms with van der Waals surface area (Å²) in [6.45, 7) is 8.19. The normalized spacial score (nSPS) is 12.8. The van der Waals surface area contributed by atoms with Gasteiger partial charge in [0.15, 0.2) is 0 Å².